The maximum absolute atomic E-state index is 12.9. The van der Waals surface area contributed by atoms with Crippen LogP contribution in [0.3, 0.4) is 0 Å². The van der Waals surface area contributed by atoms with Gasteiger partial charge in [-0.15, -0.1) is 0 Å². The third-order valence-corrected chi connectivity index (χ3v) is 7.40. The molecule has 3 aromatic rings. The number of halogens is 2. The van der Waals surface area contributed by atoms with Crippen molar-refractivity contribution in [3.63, 3.8) is 0 Å². The fourth-order valence-electron chi connectivity index (χ4n) is 5.33. The second kappa shape index (κ2) is 11.8. The number of aliphatic imine (C=N–C) groups is 1. The zero-order valence-electron chi connectivity index (χ0n) is 23.0. The van der Waals surface area contributed by atoms with Gasteiger partial charge in [0.25, 0.3) is 6.08 Å². The molecule has 11 heteroatoms. The lowest BCUT2D eigenvalue weighted by Gasteiger charge is -2.56. The molecule has 3 saturated heterocycles. The van der Waals surface area contributed by atoms with Crippen LogP contribution in [0.2, 0.25) is 0 Å². The van der Waals surface area contributed by atoms with Gasteiger partial charge in [-0.05, 0) is 44.0 Å². The van der Waals surface area contributed by atoms with Crippen molar-refractivity contribution in [1.82, 2.24) is 19.5 Å². The summed E-state index contributed by atoms with van der Waals surface area (Å²) in [7, 11) is 1.59. The Kier molecular flexibility index (Phi) is 8.03. The minimum atomic E-state index is -1.84. The first-order chi connectivity index (χ1) is 19.8. The number of methoxy groups -OCH3 is 1. The molecular weight excluding hydrogens is 528 g/mol. The number of aromatic nitrogens is 3. The smallest absolute Gasteiger partial charge is 0.291 e. The lowest BCUT2D eigenvalue weighted by molar-refractivity contribution is -0.140. The molecule has 3 aliphatic rings. The van der Waals surface area contributed by atoms with Crippen molar-refractivity contribution in [3.8, 4) is 17.2 Å². The SMILES string of the molecule is C/C=C(\C=N/C(C)=C(F)F)c1cc(-c2ccc(N3CC4CC(C3)N4C(=O)/C=C/COC)nc2)c2c(C#N)cnn2c1. The third kappa shape index (κ3) is 5.51. The zero-order chi connectivity index (χ0) is 29.1. The van der Waals surface area contributed by atoms with Crippen LogP contribution in [-0.4, -0.2) is 70.5 Å². The molecule has 0 spiro atoms. The zero-order valence-corrected chi connectivity index (χ0v) is 23.0. The molecule has 0 N–H and O–H groups in total. The molecule has 41 heavy (non-hydrogen) atoms. The van der Waals surface area contributed by atoms with Gasteiger partial charge in [-0.1, -0.05) is 12.2 Å². The molecule has 210 valence electrons. The Morgan fingerprint density at radius 2 is 2.05 bits per heavy atom. The number of nitrogens with zero attached hydrogens (tertiary/aromatic N) is 7. The van der Waals surface area contributed by atoms with Gasteiger partial charge in [-0.25, -0.2) is 9.50 Å². The first-order valence-electron chi connectivity index (χ1n) is 13.2. The topological polar surface area (TPSA) is 99.1 Å². The summed E-state index contributed by atoms with van der Waals surface area (Å²) in [4.78, 5) is 25.3. The van der Waals surface area contributed by atoms with E-state index < -0.39 is 6.08 Å². The Balaban J connectivity index is 1.41. The number of hydrogen-bond donors (Lipinski definition) is 0. The number of carbonyl (C=O) groups excluding carboxylic acids is 1. The normalized spacial score (nSPS) is 18.7. The second-order valence-corrected chi connectivity index (χ2v) is 9.91. The molecule has 2 bridgehead atoms. The van der Waals surface area contributed by atoms with Crippen LogP contribution < -0.4 is 4.90 Å². The van der Waals surface area contributed by atoms with Crippen molar-refractivity contribution in [2.75, 3.05) is 31.7 Å². The maximum Gasteiger partial charge on any atom is 0.291 e. The van der Waals surface area contributed by atoms with Crippen molar-refractivity contribution in [2.45, 2.75) is 32.4 Å². The minimum Gasteiger partial charge on any atom is -0.381 e. The van der Waals surface area contributed by atoms with E-state index in [9.17, 15) is 18.8 Å². The van der Waals surface area contributed by atoms with Crippen molar-refractivity contribution < 1.29 is 18.3 Å². The molecule has 3 aromatic heterocycles. The van der Waals surface area contributed by atoms with Gasteiger partial charge in [0.15, 0.2) is 0 Å². The van der Waals surface area contributed by atoms with E-state index in [2.05, 4.69) is 21.1 Å². The largest absolute Gasteiger partial charge is 0.381 e. The van der Waals surface area contributed by atoms with Gasteiger partial charge in [0.2, 0.25) is 5.91 Å². The number of carbonyl (C=O) groups is 1. The molecule has 0 saturated carbocycles. The molecule has 2 unspecified atom stereocenters. The highest BCUT2D eigenvalue weighted by Gasteiger charge is 2.46. The van der Waals surface area contributed by atoms with Crippen LogP contribution in [0.15, 0.2) is 71.8 Å². The molecule has 2 atom stereocenters. The number of fused-ring (bicyclic) bond motifs is 3. The highest BCUT2D eigenvalue weighted by Crippen LogP contribution is 2.35. The standard InChI is InChI=1S/C30H29F2N7O2/c1-4-20(13-34-19(2)30(31)32)22-10-26(29-23(12-33)15-36-38(29)16-22)21-7-8-27(35-14-21)37-17-24-11-25(18-37)39(24)28(40)6-5-9-41-3/h4-8,10,13-16,24-25H,9,11,17-18H2,1-3H3/b6-5+,20-4+,34-13-. The number of hydrogen-bond acceptors (Lipinski definition) is 7. The Hall–Kier alpha value is -4.69. The van der Waals surface area contributed by atoms with Gasteiger partial charge in [0.1, 0.15) is 17.6 Å². The average molecular weight is 558 g/mol. The van der Waals surface area contributed by atoms with Crippen LogP contribution in [0.4, 0.5) is 14.6 Å². The lowest BCUT2D eigenvalue weighted by atomic mass is 9.87. The van der Waals surface area contributed by atoms with E-state index in [-0.39, 0.29) is 23.7 Å². The van der Waals surface area contributed by atoms with E-state index >= 15 is 0 Å². The highest BCUT2D eigenvalue weighted by molar-refractivity contribution is 6.10. The molecule has 9 nitrogen and oxygen atoms in total. The van der Waals surface area contributed by atoms with Gasteiger partial charge in [-0.3, -0.25) is 9.79 Å². The van der Waals surface area contributed by atoms with Gasteiger partial charge < -0.3 is 14.5 Å². The number of amides is 1. The molecule has 3 fully saturated rings. The quantitative estimate of drug-likeness (QED) is 0.290. The summed E-state index contributed by atoms with van der Waals surface area (Å²) in [5, 5.41) is 14.1. The number of piperazine rings is 1. The van der Waals surface area contributed by atoms with Gasteiger partial charge in [-0.2, -0.15) is 19.1 Å². The van der Waals surface area contributed by atoms with E-state index in [4.69, 9.17) is 9.72 Å². The highest BCUT2D eigenvalue weighted by atomic mass is 19.3. The number of pyridine rings is 2. The molecule has 1 amide bonds. The Labute approximate surface area is 236 Å². The maximum atomic E-state index is 12.9. The van der Waals surface area contributed by atoms with Crippen LogP contribution in [0.1, 0.15) is 31.4 Å². The predicted octanol–water partition coefficient (Wildman–Crippen LogP) is 4.86. The molecule has 6 rings (SSSR count). The summed E-state index contributed by atoms with van der Waals surface area (Å²) < 4.78 is 32.4. The van der Waals surface area contributed by atoms with Gasteiger partial charge >= 0.3 is 0 Å². The second-order valence-electron chi connectivity index (χ2n) is 9.91. The molecule has 6 heterocycles. The van der Waals surface area contributed by atoms with E-state index in [0.717, 1.165) is 23.4 Å². The number of rotatable bonds is 8. The van der Waals surface area contributed by atoms with E-state index in [1.807, 2.05) is 23.1 Å². The van der Waals surface area contributed by atoms with Crippen molar-refractivity contribution in [3.05, 3.63) is 77.9 Å². The summed E-state index contributed by atoms with van der Waals surface area (Å²) in [6.45, 7) is 4.84. The van der Waals surface area contributed by atoms with Crippen molar-refractivity contribution in [2.24, 2.45) is 4.99 Å². The monoisotopic (exact) mass is 557 g/mol. The van der Waals surface area contributed by atoms with Crippen LogP contribution in [-0.2, 0) is 9.53 Å². The first-order valence-corrected chi connectivity index (χ1v) is 13.2. The Bertz CT molecular complexity index is 1620. The Morgan fingerprint density at radius 3 is 2.68 bits per heavy atom. The molecule has 0 radical (unpaired) electrons. The fourth-order valence-corrected chi connectivity index (χ4v) is 5.33. The molecule has 3 aliphatic heterocycles. The van der Waals surface area contributed by atoms with Crippen LogP contribution >= 0.6 is 0 Å². The molecular formula is C30H29F2N7O2. The van der Waals surface area contributed by atoms with Crippen LogP contribution in [0.5, 0.6) is 0 Å². The number of anilines is 1. The molecule has 0 aliphatic carbocycles. The van der Waals surface area contributed by atoms with Crippen molar-refractivity contribution >= 4 is 29.0 Å². The van der Waals surface area contributed by atoms with Crippen LogP contribution in [0, 0.1) is 11.3 Å². The van der Waals surface area contributed by atoms with Gasteiger partial charge in [0.05, 0.1) is 36.0 Å². The fraction of sp³-hybridized carbons (Fsp3) is 0.300. The summed E-state index contributed by atoms with van der Waals surface area (Å²) in [6.07, 6.45) is 10.6. The molecule has 0 aromatic carbocycles. The van der Waals surface area contributed by atoms with E-state index in [1.54, 1.807) is 49.2 Å². The summed E-state index contributed by atoms with van der Waals surface area (Å²) in [6, 6.07) is 8.24. The average Bonchev–Trinajstić information content (AvgIpc) is 3.40. The van der Waals surface area contributed by atoms with E-state index in [1.165, 1.54) is 19.3 Å². The third-order valence-electron chi connectivity index (χ3n) is 7.40. The number of ether oxygens (including phenoxy) is 1. The van der Waals surface area contributed by atoms with Gasteiger partial charge in [0, 0.05) is 61.6 Å². The number of allylic oxidation sites excluding steroid dienone is 3. The Morgan fingerprint density at radius 1 is 1.27 bits per heavy atom. The van der Waals surface area contributed by atoms with Crippen molar-refractivity contribution in [1.29, 1.82) is 5.26 Å². The first kappa shape index (κ1) is 27.9. The summed E-state index contributed by atoms with van der Waals surface area (Å²) in [5.74, 6) is 0.819. The summed E-state index contributed by atoms with van der Waals surface area (Å²) in [5.41, 5.74) is 3.50. The number of nitriles is 1. The van der Waals surface area contributed by atoms with E-state index in [0.29, 0.717) is 41.9 Å². The minimum absolute atomic E-state index is 0.0100. The predicted molar refractivity (Wildman–Crippen MR) is 152 cm³/mol. The van der Waals surface area contributed by atoms with Crippen LogP contribution in [0.25, 0.3) is 22.2 Å². The lowest BCUT2D eigenvalue weighted by Crippen LogP contribution is -2.70. The number of piperidine rings is 1. The summed E-state index contributed by atoms with van der Waals surface area (Å²) >= 11 is 0.